The Morgan fingerprint density at radius 1 is 1.12 bits per heavy atom. The second kappa shape index (κ2) is 10.4. The van der Waals surface area contributed by atoms with Crippen LogP contribution in [0.3, 0.4) is 0 Å². The van der Waals surface area contributed by atoms with Crippen LogP contribution >= 0.6 is 0 Å². The van der Waals surface area contributed by atoms with Crippen molar-refractivity contribution in [2.75, 3.05) is 25.0 Å². The summed E-state index contributed by atoms with van der Waals surface area (Å²) in [6.45, 7) is 4.88. The normalized spacial score (nSPS) is 14.6. The Bertz CT molecular complexity index is 1250. The molecule has 1 N–H and O–H groups in total. The molecule has 1 saturated heterocycles. The van der Waals surface area contributed by atoms with E-state index in [0.29, 0.717) is 42.7 Å². The van der Waals surface area contributed by atoms with E-state index in [1.165, 1.54) is 10.4 Å². The maximum Gasteiger partial charge on any atom is 0.246 e. The van der Waals surface area contributed by atoms with E-state index in [1.54, 1.807) is 26.0 Å². The fourth-order valence-corrected chi connectivity index (χ4v) is 5.63. The summed E-state index contributed by atoms with van der Waals surface area (Å²) < 4.78 is 39.4. The van der Waals surface area contributed by atoms with E-state index in [9.17, 15) is 13.2 Å². The number of nitrogens with one attached hydrogen (secondary N) is 1. The SMILES string of the molecule is CCOc1ccc(NC(=O)Cc2nc(-c3ccccc3)oc2C)cc1S(=O)(=O)N1CCCCC1. The van der Waals surface area contributed by atoms with Gasteiger partial charge in [-0.05, 0) is 57.0 Å². The molecule has 3 aromatic rings. The lowest BCUT2D eigenvalue weighted by Gasteiger charge is -2.27. The molecule has 0 atom stereocenters. The Morgan fingerprint density at radius 3 is 2.56 bits per heavy atom. The maximum atomic E-state index is 13.3. The van der Waals surface area contributed by atoms with E-state index >= 15 is 0 Å². The number of aromatic nitrogens is 1. The molecule has 1 aromatic heterocycles. The second-order valence-corrected chi connectivity index (χ2v) is 10.1. The van der Waals surface area contributed by atoms with E-state index < -0.39 is 10.0 Å². The number of ether oxygens (including phenoxy) is 1. The minimum atomic E-state index is -3.74. The standard InChI is InChI=1S/C25H29N3O5S/c1-3-32-22-13-12-20(16-23(22)34(30,31)28-14-8-5-9-15-28)26-24(29)17-21-18(2)33-25(27-21)19-10-6-4-7-11-19/h4,6-7,10-13,16H,3,5,8-9,14-15,17H2,1-2H3,(H,26,29). The summed E-state index contributed by atoms with van der Waals surface area (Å²) in [5, 5.41) is 2.79. The predicted octanol–water partition coefficient (Wildman–Crippen LogP) is 4.40. The van der Waals surface area contributed by atoms with Crippen LogP contribution in [0.5, 0.6) is 5.75 Å². The largest absolute Gasteiger partial charge is 0.492 e. The number of piperidine rings is 1. The molecule has 0 aliphatic carbocycles. The monoisotopic (exact) mass is 483 g/mol. The molecule has 0 unspecified atom stereocenters. The fraction of sp³-hybridized carbons (Fsp3) is 0.360. The number of hydrogen-bond donors (Lipinski definition) is 1. The van der Waals surface area contributed by atoms with Crippen LogP contribution in [0.1, 0.15) is 37.6 Å². The molecule has 34 heavy (non-hydrogen) atoms. The Labute approximate surface area is 200 Å². The average molecular weight is 484 g/mol. The van der Waals surface area contributed by atoms with Crippen molar-refractivity contribution < 1.29 is 22.4 Å². The van der Waals surface area contributed by atoms with Gasteiger partial charge in [0.2, 0.25) is 21.8 Å². The molecule has 0 spiro atoms. The van der Waals surface area contributed by atoms with Crippen molar-refractivity contribution in [1.82, 2.24) is 9.29 Å². The third-order valence-electron chi connectivity index (χ3n) is 5.70. The Balaban J connectivity index is 1.53. The summed E-state index contributed by atoms with van der Waals surface area (Å²) in [5.74, 6) is 0.985. The molecule has 180 valence electrons. The van der Waals surface area contributed by atoms with Gasteiger partial charge in [-0.25, -0.2) is 13.4 Å². The number of benzene rings is 2. The third-order valence-corrected chi connectivity index (χ3v) is 7.62. The average Bonchev–Trinajstić information content (AvgIpc) is 3.21. The first-order valence-corrected chi connectivity index (χ1v) is 12.9. The van der Waals surface area contributed by atoms with Crippen molar-refractivity contribution in [2.45, 2.75) is 44.4 Å². The smallest absolute Gasteiger partial charge is 0.246 e. The van der Waals surface area contributed by atoms with Crippen LogP contribution in [0.15, 0.2) is 57.8 Å². The Hall–Kier alpha value is -3.17. The molecule has 9 heteroatoms. The van der Waals surface area contributed by atoms with Gasteiger partial charge in [0, 0.05) is 24.3 Å². The van der Waals surface area contributed by atoms with E-state index in [1.807, 2.05) is 30.3 Å². The molecule has 1 aliphatic rings. The highest BCUT2D eigenvalue weighted by Crippen LogP contribution is 2.31. The topological polar surface area (TPSA) is 102 Å². The zero-order valence-electron chi connectivity index (χ0n) is 19.4. The van der Waals surface area contributed by atoms with Crippen LogP contribution in [-0.2, 0) is 21.2 Å². The van der Waals surface area contributed by atoms with Gasteiger partial charge in [0.05, 0.1) is 18.7 Å². The van der Waals surface area contributed by atoms with Crippen molar-refractivity contribution in [3.63, 3.8) is 0 Å². The lowest BCUT2D eigenvalue weighted by Crippen LogP contribution is -2.35. The zero-order valence-corrected chi connectivity index (χ0v) is 20.2. The van der Waals surface area contributed by atoms with Gasteiger partial charge in [0.15, 0.2) is 0 Å². The molecule has 0 bridgehead atoms. The molecule has 1 amide bonds. The molecule has 1 aliphatic heterocycles. The number of oxazole rings is 1. The van der Waals surface area contributed by atoms with Crippen LogP contribution in [0, 0.1) is 6.92 Å². The van der Waals surface area contributed by atoms with Crippen LogP contribution in [0.2, 0.25) is 0 Å². The third kappa shape index (κ3) is 5.31. The van der Waals surface area contributed by atoms with E-state index in [4.69, 9.17) is 9.15 Å². The summed E-state index contributed by atoms with van der Waals surface area (Å²) in [5.41, 5.74) is 1.74. The molecular weight excluding hydrogens is 454 g/mol. The summed E-state index contributed by atoms with van der Waals surface area (Å²) in [6.07, 6.45) is 2.70. The molecule has 2 aromatic carbocycles. The molecule has 1 fully saturated rings. The summed E-state index contributed by atoms with van der Waals surface area (Å²) in [7, 11) is -3.74. The highest BCUT2D eigenvalue weighted by atomic mass is 32.2. The fourth-order valence-electron chi connectivity index (χ4n) is 3.96. The number of carbonyl (C=O) groups is 1. The van der Waals surface area contributed by atoms with E-state index in [2.05, 4.69) is 10.3 Å². The van der Waals surface area contributed by atoms with Gasteiger partial charge in [0.1, 0.15) is 16.4 Å². The van der Waals surface area contributed by atoms with Crippen LogP contribution in [0.4, 0.5) is 5.69 Å². The van der Waals surface area contributed by atoms with Gasteiger partial charge >= 0.3 is 0 Å². The number of hydrogen-bond acceptors (Lipinski definition) is 6. The van der Waals surface area contributed by atoms with E-state index in [0.717, 1.165) is 24.8 Å². The van der Waals surface area contributed by atoms with Crippen molar-refractivity contribution in [1.29, 1.82) is 0 Å². The van der Waals surface area contributed by atoms with Gasteiger partial charge in [-0.15, -0.1) is 0 Å². The number of sulfonamides is 1. The van der Waals surface area contributed by atoms with Crippen LogP contribution < -0.4 is 10.1 Å². The number of carbonyl (C=O) groups excluding carboxylic acids is 1. The first-order chi connectivity index (χ1) is 16.4. The molecule has 2 heterocycles. The lowest BCUT2D eigenvalue weighted by molar-refractivity contribution is -0.115. The minimum Gasteiger partial charge on any atom is -0.492 e. The molecular formula is C25H29N3O5S. The summed E-state index contributed by atoms with van der Waals surface area (Å²) in [6, 6.07) is 14.2. The Kier molecular flexibility index (Phi) is 7.33. The van der Waals surface area contributed by atoms with Gasteiger partial charge in [-0.1, -0.05) is 24.6 Å². The second-order valence-electron chi connectivity index (χ2n) is 8.17. The van der Waals surface area contributed by atoms with E-state index in [-0.39, 0.29) is 23.0 Å². The maximum absolute atomic E-state index is 13.3. The number of amides is 1. The lowest BCUT2D eigenvalue weighted by atomic mass is 10.2. The van der Waals surface area contributed by atoms with Crippen molar-refractivity contribution >= 4 is 21.6 Å². The van der Waals surface area contributed by atoms with Crippen molar-refractivity contribution in [2.24, 2.45) is 0 Å². The van der Waals surface area contributed by atoms with Gasteiger partial charge in [-0.2, -0.15) is 4.31 Å². The predicted molar refractivity (Wildman–Crippen MR) is 129 cm³/mol. The van der Waals surface area contributed by atoms with Gasteiger partial charge in [-0.3, -0.25) is 4.79 Å². The van der Waals surface area contributed by atoms with Gasteiger partial charge in [0.25, 0.3) is 0 Å². The van der Waals surface area contributed by atoms with Crippen molar-refractivity contribution in [3.8, 4) is 17.2 Å². The molecule has 8 nitrogen and oxygen atoms in total. The number of rotatable bonds is 8. The zero-order chi connectivity index (χ0) is 24.1. The number of nitrogens with zero attached hydrogens (tertiary/aromatic N) is 2. The number of aryl methyl sites for hydroxylation is 1. The first-order valence-electron chi connectivity index (χ1n) is 11.5. The van der Waals surface area contributed by atoms with Crippen LogP contribution in [0.25, 0.3) is 11.5 Å². The molecule has 0 radical (unpaired) electrons. The highest BCUT2D eigenvalue weighted by Gasteiger charge is 2.29. The quantitative estimate of drug-likeness (QED) is 0.509. The van der Waals surface area contributed by atoms with Gasteiger partial charge < -0.3 is 14.5 Å². The number of anilines is 1. The van der Waals surface area contributed by atoms with Crippen LogP contribution in [-0.4, -0.2) is 43.3 Å². The minimum absolute atomic E-state index is 0.00356. The summed E-state index contributed by atoms with van der Waals surface area (Å²) >= 11 is 0. The highest BCUT2D eigenvalue weighted by molar-refractivity contribution is 7.89. The molecule has 0 saturated carbocycles. The molecule has 4 rings (SSSR count). The summed E-state index contributed by atoms with van der Waals surface area (Å²) in [4.78, 5) is 17.3. The first kappa shape index (κ1) is 24.0. The van der Waals surface area contributed by atoms with Crippen molar-refractivity contribution in [3.05, 3.63) is 60.0 Å². The Morgan fingerprint density at radius 2 is 1.85 bits per heavy atom.